The maximum Gasteiger partial charge on any atom is 0.436 e. The molecule has 0 saturated carbocycles. The van der Waals surface area contributed by atoms with Gasteiger partial charge in [0.05, 0.1) is 15.6 Å². The molecule has 1 amide bonds. The van der Waals surface area contributed by atoms with Gasteiger partial charge < -0.3 is 14.5 Å². The van der Waals surface area contributed by atoms with E-state index >= 15 is 0 Å². The number of carbonyl (C=O) groups excluding carboxylic acids is 1. The third kappa shape index (κ3) is 5.87. The van der Waals surface area contributed by atoms with Crippen LogP contribution >= 0.6 is 11.6 Å². The number of nitro benzene ring substituents is 1. The molecule has 3 rings (SSSR count). The summed E-state index contributed by atoms with van der Waals surface area (Å²) in [5, 5.41) is 16.8. The van der Waals surface area contributed by atoms with Crippen molar-refractivity contribution in [2.45, 2.75) is 39.6 Å². The number of rotatable bonds is 9. The van der Waals surface area contributed by atoms with E-state index in [0.717, 1.165) is 4.68 Å². The average Bonchev–Trinajstić information content (AvgIpc) is 3.35. The third-order valence-electron chi connectivity index (χ3n) is 4.80. The smallest absolute Gasteiger partial charge is 0.436 e. The van der Waals surface area contributed by atoms with Crippen LogP contribution in [0.1, 0.15) is 39.7 Å². The number of amides is 1. The van der Waals surface area contributed by atoms with Crippen LogP contribution in [0, 0.1) is 24.0 Å². The zero-order valence-electron chi connectivity index (χ0n) is 18.1. The number of hydrogen-bond acceptors (Lipinski definition) is 6. The number of halogens is 4. The summed E-state index contributed by atoms with van der Waals surface area (Å²) in [6.07, 6.45) is -4.35. The van der Waals surface area contributed by atoms with E-state index in [9.17, 15) is 28.1 Å². The minimum absolute atomic E-state index is 0.00493. The third-order valence-corrected chi connectivity index (χ3v) is 5.25. The molecule has 182 valence electrons. The molecule has 0 saturated heterocycles. The molecule has 13 heteroatoms. The van der Waals surface area contributed by atoms with Gasteiger partial charge in [-0.05, 0) is 44.0 Å². The number of aromatic nitrogens is 2. The second-order valence-corrected chi connectivity index (χ2v) is 7.74. The fourth-order valence-electron chi connectivity index (χ4n) is 3.06. The lowest BCUT2D eigenvalue weighted by atomic mass is 10.2. The van der Waals surface area contributed by atoms with Gasteiger partial charge in [-0.15, -0.1) is 0 Å². The Hall–Kier alpha value is -3.54. The molecule has 1 aromatic carbocycles. The number of nitrogens with one attached hydrogen (secondary N) is 1. The van der Waals surface area contributed by atoms with Gasteiger partial charge >= 0.3 is 11.9 Å². The highest BCUT2D eigenvalue weighted by Crippen LogP contribution is 2.35. The summed E-state index contributed by atoms with van der Waals surface area (Å²) in [5.74, 6) is -0.185. The molecular weight excluding hydrogens is 481 g/mol. The van der Waals surface area contributed by atoms with Crippen molar-refractivity contribution in [1.82, 2.24) is 15.1 Å². The van der Waals surface area contributed by atoms with Crippen molar-refractivity contribution < 1.29 is 32.0 Å². The van der Waals surface area contributed by atoms with Crippen molar-refractivity contribution >= 4 is 23.2 Å². The number of hydrogen-bond donors (Lipinski definition) is 1. The topological polar surface area (TPSA) is 112 Å². The van der Waals surface area contributed by atoms with E-state index < -0.39 is 27.7 Å². The van der Waals surface area contributed by atoms with Gasteiger partial charge in [-0.1, -0.05) is 17.7 Å². The molecule has 0 aliphatic carbocycles. The van der Waals surface area contributed by atoms with Crippen molar-refractivity contribution in [1.29, 1.82) is 0 Å². The SMILES string of the molecule is Cc1ccc(OCc2ccc(C(=O)NCCCn3nc(C(F)(F)F)c(Cl)c3C)o2)c([N+](=O)[O-])c1. The highest BCUT2D eigenvalue weighted by molar-refractivity contribution is 6.31. The number of nitrogens with zero attached hydrogens (tertiary/aromatic N) is 3. The number of furan rings is 1. The maximum absolute atomic E-state index is 12.9. The summed E-state index contributed by atoms with van der Waals surface area (Å²) in [5.41, 5.74) is -0.426. The standard InChI is InChI=1S/C21H20ClF3N4O5/c1-12-4-6-16(15(10-12)29(31)32)33-11-14-5-7-17(34-14)20(30)26-8-3-9-28-13(2)18(22)19(27-28)21(23,24)25/h4-7,10H,3,8-9,11H2,1-2H3,(H,26,30). The van der Waals surface area contributed by atoms with E-state index in [4.69, 9.17) is 20.8 Å². The Balaban J connectivity index is 1.50. The quantitative estimate of drug-likeness (QED) is 0.249. The second kappa shape index (κ2) is 10.2. The molecule has 0 aliphatic heterocycles. The first kappa shape index (κ1) is 25.1. The van der Waals surface area contributed by atoms with Crippen molar-refractivity contribution in [3.05, 3.63) is 73.9 Å². The highest BCUT2D eigenvalue weighted by Gasteiger charge is 2.38. The number of aryl methyl sites for hydroxylation is 2. The summed E-state index contributed by atoms with van der Waals surface area (Å²) in [6.45, 7) is 3.30. The maximum atomic E-state index is 12.9. The van der Waals surface area contributed by atoms with Crippen LogP contribution in [-0.2, 0) is 19.3 Å². The van der Waals surface area contributed by atoms with Crippen LogP contribution in [0.25, 0.3) is 0 Å². The normalized spacial score (nSPS) is 11.5. The molecule has 0 spiro atoms. The molecule has 0 atom stereocenters. The molecule has 34 heavy (non-hydrogen) atoms. The lowest BCUT2D eigenvalue weighted by Crippen LogP contribution is -2.25. The Bertz CT molecular complexity index is 1210. The molecule has 0 bridgehead atoms. The number of alkyl halides is 3. The van der Waals surface area contributed by atoms with Crippen molar-refractivity contribution in [2.75, 3.05) is 6.54 Å². The van der Waals surface area contributed by atoms with Gasteiger partial charge in [0.15, 0.2) is 17.2 Å². The van der Waals surface area contributed by atoms with Crippen molar-refractivity contribution in [3.8, 4) is 5.75 Å². The van der Waals surface area contributed by atoms with Gasteiger partial charge in [-0.3, -0.25) is 19.6 Å². The Morgan fingerprint density at radius 1 is 1.29 bits per heavy atom. The van der Waals surface area contributed by atoms with E-state index in [2.05, 4.69) is 10.4 Å². The van der Waals surface area contributed by atoms with Crippen LogP contribution in [0.15, 0.2) is 34.7 Å². The molecule has 2 aromatic heterocycles. The number of benzene rings is 1. The summed E-state index contributed by atoms with van der Waals surface area (Å²) in [7, 11) is 0. The first-order valence-electron chi connectivity index (χ1n) is 10.0. The summed E-state index contributed by atoms with van der Waals surface area (Å²) in [4.78, 5) is 22.9. The molecule has 0 aliphatic rings. The van der Waals surface area contributed by atoms with E-state index in [1.165, 1.54) is 31.2 Å². The van der Waals surface area contributed by atoms with E-state index in [1.807, 2.05) is 0 Å². The number of carbonyl (C=O) groups is 1. The van der Waals surface area contributed by atoms with E-state index in [0.29, 0.717) is 12.0 Å². The summed E-state index contributed by atoms with van der Waals surface area (Å²) >= 11 is 5.71. The van der Waals surface area contributed by atoms with Gasteiger partial charge in [0.2, 0.25) is 0 Å². The number of ether oxygens (including phenoxy) is 1. The molecule has 1 N–H and O–H groups in total. The van der Waals surface area contributed by atoms with Gasteiger partial charge in [-0.2, -0.15) is 18.3 Å². The number of nitro groups is 1. The molecule has 0 fully saturated rings. The Morgan fingerprint density at radius 3 is 2.68 bits per heavy atom. The van der Waals surface area contributed by atoms with E-state index in [1.54, 1.807) is 13.0 Å². The molecule has 0 radical (unpaired) electrons. The Morgan fingerprint density at radius 2 is 2.03 bits per heavy atom. The molecule has 2 heterocycles. The van der Waals surface area contributed by atoms with Crippen LogP contribution in [0.3, 0.4) is 0 Å². The first-order valence-corrected chi connectivity index (χ1v) is 10.4. The molecular formula is C21H20ClF3N4O5. The van der Waals surface area contributed by atoms with Crippen LogP contribution in [-0.4, -0.2) is 27.2 Å². The second-order valence-electron chi connectivity index (χ2n) is 7.36. The van der Waals surface area contributed by atoms with Gasteiger partial charge in [-0.25, -0.2) is 0 Å². The largest absolute Gasteiger partial charge is 0.479 e. The Kier molecular flexibility index (Phi) is 7.50. The van der Waals surface area contributed by atoms with Crippen molar-refractivity contribution in [3.63, 3.8) is 0 Å². The van der Waals surface area contributed by atoms with Gasteiger partial charge in [0.1, 0.15) is 12.4 Å². The van der Waals surface area contributed by atoms with Gasteiger partial charge in [0, 0.05) is 19.2 Å². The molecule has 3 aromatic rings. The van der Waals surface area contributed by atoms with Crippen LogP contribution < -0.4 is 10.1 Å². The van der Waals surface area contributed by atoms with Crippen molar-refractivity contribution in [2.24, 2.45) is 0 Å². The predicted octanol–water partition coefficient (Wildman–Crippen LogP) is 5.07. The summed E-state index contributed by atoms with van der Waals surface area (Å²) in [6, 6.07) is 7.47. The molecule has 0 unspecified atom stereocenters. The average molecular weight is 501 g/mol. The zero-order valence-corrected chi connectivity index (χ0v) is 18.9. The molecule has 9 nitrogen and oxygen atoms in total. The minimum atomic E-state index is -4.65. The Labute approximate surface area is 196 Å². The van der Waals surface area contributed by atoms with Crippen LogP contribution in [0.2, 0.25) is 5.02 Å². The highest BCUT2D eigenvalue weighted by atomic mass is 35.5. The van der Waals surface area contributed by atoms with Crippen LogP contribution in [0.5, 0.6) is 5.75 Å². The van der Waals surface area contributed by atoms with E-state index in [-0.39, 0.29) is 48.3 Å². The van der Waals surface area contributed by atoms with Gasteiger partial charge in [0.25, 0.3) is 5.91 Å². The zero-order chi connectivity index (χ0) is 25.0. The monoisotopic (exact) mass is 500 g/mol. The predicted molar refractivity (Wildman–Crippen MR) is 115 cm³/mol. The van der Waals surface area contributed by atoms with Crippen LogP contribution in [0.4, 0.5) is 18.9 Å². The lowest BCUT2D eigenvalue weighted by molar-refractivity contribution is -0.386. The fourth-order valence-corrected chi connectivity index (χ4v) is 3.30. The lowest BCUT2D eigenvalue weighted by Gasteiger charge is -2.06. The fraction of sp³-hybridized carbons (Fsp3) is 0.333. The minimum Gasteiger partial charge on any atom is -0.479 e. The summed E-state index contributed by atoms with van der Waals surface area (Å²) < 4.78 is 50.7. The first-order chi connectivity index (χ1) is 16.0.